The number of methoxy groups -OCH3 is 1. The highest BCUT2D eigenvalue weighted by atomic mass is 35.5. The Bertz CT molecular complexity index is 2050. The van der Waals surface area contributed by atoms with Crippen LogP contribution in [-0.4, -0.2) is 48.2 Å². The lowest BCUT2D eigenvalue weighted by atomic mass is 9.97. The van der Waals surface area contributed by atoms with Crippen molar-refractivity contribution in [2.75, 3.05) is 19.5 Å². The average Bonchev–Trinajstić information content (AvgIpc) is 3.50. The Morgan fingerprint density at radius 2 is 1.93 bits per heavy atom. The highest BCUT2D eigenvalue weighted by Gasteiger charge is 2.30. The van der Waals surface area contributed by atoms with E-state index in [1.165, 1.54) is 19.2 Å². The molecule has 45 heavy (non-hydrogen) atoms. The van der Waals surface area contributed by atoms with E-state index in [9.17, 15) is 17.6 Å². The number of sulfonamides is 1. The fourth-order valence-electron chi connectivity index (χ4n) is 6.42. The Morgan fingerprint density at radius 3 is 2.71 bits per heavy atom. The van der Waals surface area contributed by atoms with E-state index in [4.69, 9.17) is 21.1 Å². The molecule has 1 aliphatic heterocycles. The van der Waals surface area contributed by atoms with Crippen LogP contribution < -0.4 is 9.46 Å². The molecule has 236 valence electrons. The average molecular weight is 653 g/mol. The third-order valence-corrected chi connectivity index (χ3v) is 10.1. The van der Waals surface area contributed by atoms with Crippen LogP contribution in [0, 0.1) is 5.82 Å². The number of ether oxygens (including phenoxy) is 2. The number of esters is 1. The fourth-order valence-corrected chi connectivity index (χ4v) is 7.68. The summed E-state index contributed by atoms with van der Waals surface area (Å²) in [5, 5.41) is 7.56. The van der Waals surface area contributed by atoms with Gasteiger partial charge in [-0.2, -0.15) is 5.10 Å². The van der Waals surface area contributed by atoms with Crippen LogP contribution in [0.25, 0.3) is 32.8 Å². The van der Waals surface area contributed by atoms with Crippen molar-refractivity contribution in [3.05, 3.63) is 82.0 Å². The zero-order chi connectivity index (χ0) is 31.9. The predicted molar refractivity (Wildman–Crippen MR) is 173 cm³/mol. The molecule has 0 aliphatic carbocycles. The lowest BCUT2D eigenvalue weighted by Crippen LogP contribution is -2.27. The minimum Gasteiger partial charge on any atom is -0.493 e. The molecule has 3 heterocycles. The van der Waals surface area contributed by atoms with E-state index in [1.54, 1.807) is 10.7 Å². The monoisotopic (exact) mass is 652 g/mol. The topological polar surface area (TPSA) is 104 Å². The van der Waals surface area contributed by atoms with E-state index >= 15 is 0 Å². The zero-order valence-electron chi connectivity index (χ0n) is 25.3. The first-order chi connectivity index (χ1) is 21.6. The summed E-state index contributed by atoms with van der Waals surface area (Å²) in [5.41, 5.74) is 4.83. The maximum Gasteiger partial charge on any atom is 0.354 e. The van der Waals surface area contributed by atoms with Gasteiger partial charge < -0.3 is 14.0 Å². The maximum absolute atomic E-state index is 13.8. The molecule has 2 aromatic heterocycles. The van der Waals surface area contributed by atoms with Gasteiger partial charge in [-0.15, -0.1) is 0 Å². The number of hydrogen-bond donors (Lipinski definition) is 1. The molecule has 9 nitrogen and oxygen atoms in total. The molecule has 3 aromatic carbocycles. The SMILES string of the molecule is CCc1c2c(nn1C)CNS(=O)(=O)CCCn1c(C(=O)OC)c(CCCOc3cccc4cc(F)ccc34)c3ccc(Cl)c-2c31. The number of benzene rings is 3. The number of nitrogens with one attached hydrogen (secondary N) is 1. The molecule has 0 radical (unpaired) electrons. The number of carbonyl (C=O) groups is 1. The van der Waals surface area contributed by atoms with Gasteiger partial charge in [0.1, 0.15) is 17.3 Å². The van der Waals surface area contributed by atoms with Gasteiger partial charge in [-0.25, -0.2) is 22.3 Å². The van der Waals surface area contributed by atoms with Gasteiger partial charge in [-0.05, 0) is 67.0 Å². The summed E-state index contributed by atoms with van der Waals surface area (Å²) in [6.07, 6.45) is 1.95. The van der Waals surface area contributed by atoms with E-state index in [1.807, 2.05) is 48.9 Å². The Labute approximate surface area is 265 Å². The molecule has 6 rings (SSSR count). The van der Waals surface area contributed by atoms with E-state index in [0.29, 0.717) is 53.6 Å². The third kappa shape index (κ3) is 5.80. The van der Waals surface area contributed by atoms with Crippen LogP contribution in [0.4, 0.5) is 4.39 Å². The fraction of sp³-hybridized carbons (Fsp3) is 0.333. The molecule has 0 bridgehead atoms. The Hall–Kier alpha value is -3.93. The van der Waals surface area contributed by atoms with Crippen molar-refractivity contribution >= 4 is 49.3 Å². The molecule has 1 aliphatic rings. The van der Waals surface area contributed by atoms with E-state index in [2.05, 4.69) is 9.82 Å². The van der Waals surface area contributed by atoms with Crippen molar-refractivity contribution in [3.63, 3.8) is 0 Å². The second-order valence-corrected chi connectivity index (χ2v) is 13.4. The molecule has 5 aromatic rings. The number of halogens is 2. The first-order valence-corrected chi connectivity index (χ1v) is 16.9. The number of carbonyl (C=O) groups excluding carboxylic acids is 1. The number of hydrogen-bond acceptors (Lipinski definition) is 6. The first-order valence-electron chi connectivity index (χ1n) is 14.9. The van der Waals surface area contributed by atoms with Crippen molar-refractivity contribution in [3.8, 4) is 16.9 Å². The van der Waals surface area contributed by atoms with Gasteiger partial charge in [-0.3, -0.25) is 4.68 Å². The lowest BCUT2D eigenvalue weighted by Gasteiger charge is -2.14. The maximum atomic E-state index is 13.8. The van der Waals surface area contributed by atoms with Gasteiger partial charge in [0.05, 0.1) is 42.2 Å². The van der Waals surface area contributed by atoms with Crippen molar-refractivity contribution < 1.29 is 27.1 Å². The Morgan fingerprint density at radius 1 is 1.13 bits per heavy atom. The molecule has 1 N–H and O–H groups in total. The molecule has 0 fully saturated rings. The molecule has 0 unspecified atom stereocenters. The largest absolute Gasteiger partial charge is 0.493 e. The predicted octanol–water partition coefficient (Wildman–Crippen LogP) is 6.17. The van der Waals surface area contributed by atoms with Gasteiger partial charge in [0.15, 0.2) is 0 Å². The number of aryl methyl sites for hydroxylation is 3. The Kier molecular flexibility index (Phi) is 8.60. The highest BCUT2D eigenvalue weighted by molar-refractivity contribution is 7.89. The van der Waals surface area contributed by atoms with E-state index < -0.39 is 16.0 Å². The van der Waals surface area contributed by atoms with Crippen LogP contribution in [0.1, 0.15) is 47.2 Å². The van der Waals surface area contributed by atoms with Crippen LogP contribution in [-0.2, 0) is 47.7 Å². The molecule has 0 spiro atoms. The molecular formula is C33H34ClFN4O5S. The van der Waals surface area contributed by atoms with Gasteiger partial charge in [0.2, 0.25) is 10.0 Å². The van der Waals surface area contributed by atoms with Crippen LogP contribution in [0.3, 0.4) is 0 Å². The van der Waals surface area contributed by atoms with Gasteiger partial charge in [0.25, 0.3) is 0 Å². The van der Waals surface area contributed by atoms with Gasteiger partial charge >= 0.3 is 5.97 Å². The smallest absolute Gasteiger partial charge is 0.354 e. The van der Waals surface area contributed by atoms with Crippen molar-refractivity contribution in [1.29, 1.82) is 0 Å². The van der Waals surface area contributed by atoms with Gasteiger partial charge in [-0.1, -0.05) is 36.7 Å². The summed E-state index contributed by atoms with van der Waals surface area (Å²) in [7, 11) is -0.442. The van der Waals surface area contributed by atoms with E-state index in [-0.39, 0.29) is 31.1 Å². The number of aromatic nitrogens is 3. The standard InChI is InChI=1S/C33H34ClFN4O5S/c1-4-27-30-26(37-38(27)2)19-36-45(41,42)17-7-15-39-31-24(13-14-25(34)29(30)31)23(32(39)33(40)43-3)9-6-16-44-28-10-5-8-20-18-21(35)11-12-22(20)28/h5,8,10-14,18,36H,4,6-7,9,15-17,19H2,1-3H3. The number of rotatable bonds is 7. The first kappa shape index (κ1) is 31.1. The van der Waals surface area contributed by atoms with Crippen LogP contribution in [0.2, 0.25) is 5.02 Å². The normalized spacial score (nSPS) is 14.7. The van der Waals surface area contributed by atoms with Crippen molar-refractivity contribution in [2.24, 2.45) is 7.05 Å². The molecular weight excluding hydrogens is 619 g/mol. The summed E-state index contributed by atoms with van der Waals surface area (Å²) in [6.45, 7) is 2.64. The molecule has 0 atom stereocenters. The molecule has 0 amide bonds. The minimum atomic E-state index is -3.61. The number of fused-ring (bicyclic) bond motifs is 3. The van der Waals surface area contributed by atoms with Crippen LogP contribution >= 0.6 is 11.6 Å². The summed E-state index contributed by atoms with van der Waals surface area (Å²) in [5.74, 6) is -0.296. The summed E-state index contributed by atoms with van der Waals surface area (Å²) >= 11 is 6.97. The minimum absolute atomic E-state index is 0.0216. The Balaban J connectivity index is 1.46. The highest BCUT2D eigenvalue weighted by Crippen LogP contribution is 2.43. The van der Waals surface area contributed by atoms with Gasteiger partial charge in [0, 0.05) is 41.2 Å². The zero-order valence-corrected chi connectivity index (χ0v) is 26.9. The van der Waals surface area contributed by atoms with Crippen LogP contribution in [0.5, 0.6) is 5.75 Å². The summed E-state index contributed by atoms with van der Waals surface area (Å²) < 4.78 is 57.4. The summed E-state index contributed by atoms with van der Waals surface area (Å²) in [4.78, 5) is 13.5. The van der Waals surface area contributed by atoms with Crippen molar-refractivity contribution in [1.82, 2.24) is 19.1 Å². The van der Waals surface area contributed by atoms with Crippen LogP contribution in [0.15, 0.2) is 48.5 Å². The quantitative estimate of drug-likeness (QED) is 0.167. The summed E-state index contributed by atoms with van der Waals surface area (Å²) in [6, 6.07) is 13.8. The molecule has 12 heteroatoms. The van der Waals surface area contributed by atoms with Crippen molar-refractivity contribution in [2.45, 2.75) is 45.7 Å². The van der Waals surface area contributed by atoms with E-state index in [0.717, 1.165) is 38.5 Å². The molecule has 0 saturated carbocycles. The molecule has 0 saturated heterocycles. The third-order valence-electron chi connectivity index (χ3n) is 8.37. The lowest BCUT2D eigenvalue weighted by molar-refractivity contribution is 0.0587. The second-order valence-electron chi connectivity index (χ2n) is 11.1. The second kappa shape index (κ2) is 12.5. The number of nitrogens with zero attached hydrogens (tertiary/aromatic N) is 3.